The lowest BCUT2D eigenvalue weighted by Crippen LogP contribution is -2.59. The molecule has 10 heteroatoms. The predicted molar refractivity (Wildman–Crippen MR) is 102 cm³/mol. The second-order valence-corrected chi connectivity index (χ2v) is 7.36. The molecule has 2 fully saturated rings. The van der Waals surface area contributed by atoms with Crippen molar-refractivity contribution >= 4 is 17.5 Å². The smallest absolute Gasteiger partial charge is 0.368 e. The number of aromatic nitrogens is 2. The van der Waals surface area contributed by atoms with Gasteiger partial charge in [0.15, 0.2) is 0 Å². The van der Waals surface area contributed by atoms with Gasteiger partial charge in [0.25, 0.3) is 5.91 Å². The lowest BCUT2D eigenvalue weighted by Gasteiger charge is -2.43. The second-order valence-electron chi connectivity index (χ2n) is 7.36. The third-order valence-corrected chi connectivity index (χ3v) is 5.43. The Labute approximate surface area is 171 Å². The summed E-state index contributed by atoms with van der Waals surface area (Å²) in [5.74, 6) is -0.533. The van der Waals surface area contributed by atoms with Gasteiger partial charge in [-0.3, -0.25) is 14.6 Å². The molecule has 1 aromatic heterocycles. The van der Waals surface area contributed by atoms with Gasteiger partial charge in [0.05, 0.1) is 17.7 Å². The maximum atomic E-state index is 12.9. The number of halogens is 3. The van der Waals surface area contributed by atoms with Gasteiger partial charge < -0.3 is 14.7 Å². The van der Waals surface area contributed by atoms with Crippen molar-refractivity contribution in [1.29, 1.82) is 0 Å². The fourth-order valence-corrected chi connectivity index (χ4v) is 3.69. The number of amides is 2. The van der Waals surface area contributed by atoms with Gasteiger partial charge >= 0.3 is 6.18 Å². The van der Waals surface area contributed by atoms with Crippen LogP contribution in [0.4, 0.5) is 18.9 Å². The molecule has 2 aliphatic heterocycles. The number of anilines is 1. The number of benzene rings is 1. The topological polar surface area (TPSA) is 69.6 Å². The Hall–Kier alpha value is -3.17. The van der Waals surface area contributed by atoms with Crippen LogP contribution in [0.2, 0.25) is 0 Å². The minimum atomic E-state index is -4.38. The van der Waals surface area contributed by atoms with Crippen molar-refractivity contribution in [2.45, 2.75) is 6.18 Å². The van der Waals surface area contributed by atoms with Crippen LogP contribution in [0.25, 0.3) is 0 Å². The van der Waals surface area contributed by atoms with E-state index >= 15 is 0 Å². The number of hydrogen-bond donors (Lipinski definition) is 0. The average molecular weight is 419 g/mol. The molecule has 0 radical (unpaired) electrons. The van der Waals surface area contributed by atoms with Crippen LogP contribution in [0.5, 0.6) is 0 Å². The maximum Gasteiger partial charge on any atom is 0.416 e. The molecule has 0 spiro atoms. The van der Waals surface area contributed by atoms with Gasteiger partial charge in [0, 0.05) is 57.3 Å². The number of carbonyl (C=O) groups excluding carboxylic acids is 2. The minimum Gasteiger partial charge on any atom is -0.368 e. The van der Waals surface area contributed by atoms with E-state index in [2.05, 4.69) is 9.97 Å². The van der Waals surface area contributed by atoms with Gasteiger partial charge in [-0.05, 0) is 18.2 Å². The molecule has 158 valence electrons. The number of carbonyl (C=O) groups is 2. The molecule has 2 saturated heterocycles. The van der Waals surface area contributed by atoms with Crippen LogP contribution >= 0.6 is 0 Å². The zero-order valence-electron chi connectivity index (χ0n) is 16.0. The fraction of sp³-hybridized carbons (Fsp3) is 0.400. The molecule has 2 aromatic rings. The summed E-state index contributed by atoms with van der Waals surface area (Å²) in [7, 11) is 0. The number of nitrogens with zero attached hydrogens (tertiary/aromatic N) is 5. The van der Waals surface area contributed by atoms with Crippen LogP contribution in [0.3, 0.4) is 0 Å². The van der Waals surface area contributed by atoms with E-state index in [1.807, 2.05) is 4.90 Å². The number of likely N-dealkylation sites (tertiary alicyclic amines) is 1. The lowest BCUT2D eigenvalue weighted by atomic mass is 9.97. The summed E-state index contributed by atoms with van der Waals surface area (Å²) in [5, 5.41) is 0. The molecule has 2 amide bonds. The summed E-state index contributed by atoms with van der Waals surface area (Å²) in [6.45, 7) is 2.46. The first-order chi connectivity index (χ1) is 14.3. The van der Waals surface area contributed by atoms with E-state index in [0.717, 1.165) is 12.1 Å². The Bertz CT molecular complexity index is 924. The number of piperazine rings is 1. The number of hydrogen-bond acceptors (Lipinski definition) is 5. The third kappa shape index (κ3) is 4.07. The van der Waals surface area contributed by atoms with Crippen molar-refractivity contribution in [2.24, 2.45) is 5.92 Å². The summed E-state index contributed by atoms with van der Waals surface area (Å²) in [6, 6.07) is 5.23. The highest BCUT2D eigenvalue weighted by molar-refractivity contribution is 5.94. The van der Waals surface area contributed by atoms with Crippen molar-refractivity contribution < 1.29 is 22.8 Å². The van der Waals surface area contributed by atoms with Gasteiger partial charge in [0.2, 0.25) is 5.91 Å². The highest BCUT2D eigenvalue weighted by Crippen LogP contribution is 2.32. The number of rotatable bonds is 3. The molecule has 0 aliphatic carbocycles. The molecule has 4 rings (SSSR count). The van der Waals surface area contributed by atoms with Crippen molar-refractivity contribution in [1.82, 2.24) is 19.8 Å². The first-order valence-corrected chi connectivity index (χ1v) is 9.59. The molecule has 0 saturated carbocycles. The van der Waals surface area contributed by atoms with Crippen molar-refractivity contribution in [3.63, 3.8) is 0 Å². The Balaban J connectivity index is 1.29. The van der Waals surface area contributed by atoms with Gasteiger partial charge in [0.1, 0.15) is 5.69 Å². The molecule has 0 bridgehead atoms. The Morgan fingerprint density at radius 3 is 2.37 bits per heavy atom. The van der Waals surface area contributed by atoms with Crippen LogP contribution in [0, 0.1) is 5.92 Å². The van der Waals surface area contributed by atoms with Crippen molar-refractivity contribution in [2.75, 3.05) is 44.2 Å². The van der Waals surface area contributed by atoms with E-state index < -0.39 is 11.7 Å². The molecular formula is C20H20F3N5O2. The number of alkyl halides is 3. The minimum absolute atomic E-state index is 0.0260. The zero-order chi connectivity index (χ0) is 21.3. The highest BCUT2D eigenvalue weighted by atomic mass is 19.4. The Morgan fingerprint density at radius 1 is 1.00 bits per heavy atom. The van der Waals surface area contributed by atoms with Crippen LogP contribution in [0.15, 0.2) is 42.9 Å². The fourth-order valence-electron chi connectivity index (χ4n) is 3.69. The van der Waals surface area contributed by atoms with Crippen LogP contribution in [-0.2, 0) is 11.0 Å². The summed E-state index contributed by atoms with van der Waals surface area (Å²) in [6.07, 6.45) is -0.0606. The Kier molecular flexibility index (Phi) is 5.31. The monoisotopic (exact) mass is 419 g/mol. The SMILES string of the molecule is O=C(c1cnccn1)N1CC(C(=O)N2CCN(c3cccc(C(F)(F)F)c3)CC2)C1. The summed E-state index contributed by atoms with van der Waals surface area (Å²) >= 11 is 0. The second kappa shape index (κ2) is 7.92. The molecule has 1 aromatic carbocycles. The largest absolute Gasteiger partial charge is 0.416 e. The summed E-state index contributed by atoms with van der Waals surface area (Å²) < 4.78 is 38.8. The summed E-state index contributed by atoms with van der Waals surface area (Å²) in [5.41, 5.74) is 0.0697. The first kappa shape index (κ1) is 20.1. The zero-order valence-corrected chi connectivity index (χ0v) is 16.0. The molecule has 3 heterocycles. The molecule has 30 heavy (non-hydrogen) atoms. The third-order valence-electron chi connectivity index (χ3n) is 5.43. The molecule has 0 unspecified atom stereocenters. The van der Waals surface area contributed by atoms with Crippen molar-refractivity contribution in [3.05, 3.63) is 54.1 Å². The lowest BCUT2D eigenvalue weighted by molar-refractivity contribution is -0.140. The summed E-state index contributed by atoms with van der Waals surface area (Å²) in [4.78, 5) is 38.0. The predicted octanol–water partition coefficient (Wildman–Crippen LogP) is 1.92. The van der Waals surface area contributed by atoms with Crippen LogP contribution in [-0.4, -0.2) is 70.9 Å². The van der Waals surface area contributed by atoms with Crippen molar-refractivity contribution in [3.8, 4) is 0 Å². The van der Waals surface area contributed by atoms with E-state index in [-0.39, 0.29) is 23.4 Å². The van der Waals surface area contributed by atoms with Gasteiger partial charge in [-0.2, -0.15) is 13.2 Å². The Morgan fingerprint density at radius 2 is 1.73 bits per heavy atom. The average Bonchev–Trinajstić information content (AvgIpc) is 2.73. The molecule has 2 aliphatic rings. The molecule has 0 N–H and O–H groups in total. The first-order valence-electron chi connectivity index (χ1n) is 9.59. The van der Waals surface area contributed by atoms with Gasteiger partial charge in [-0.15, -0.1) is 0 Å². The van der Waals surface area contributed by atoms with Gasteiger partial charge in [-0.1, -0.05) is 6.07 Å². The maximum absolute atomic E-state index is 12.9. The van der Waals surface area contributed by atoms with E-state index in [1.165, 1.54) is 24.7 Å². The van der Waals surface area contributed by atoms with E-state index in [1.54, 1.807) is 15.9 Å². The molecular weight excluding hydrogens is 399 g/mol. The van der Waals surface area contributed by atoms with E-state index in [9.17, 15) is 22.8 Å². The quantitative estimate of drug-likeness (QED) is 0.760. The van der Waals surface area contributed by atoms with E-state index in [4.69, 9.17) is 0 Å². The highest BCUT2D eigenvalue weighted by Gasteiger charge is 2.39. The van der Waals surface area contributed by atoms with Crippen LogP contribution in [0.1, 0.15) is 16.1 Å². The van der Waals surface area contributed by atoms with Crippen LogP contribution < -0.4 is 4.90 Å². The van der Waals surface area contributed by atoms with Gasteiger partial charge in [-0.25, -0.2) is 4.98 Å². The normalized spacial score (nSPS) is 17.6. The van der Waals surface area contributed by atoms with E-state index in [0.29, 0.717) is 45.0 Å². The molecule has 7 nitrogen and oxygen atoms in total. The standard InChI is InChI=1S/C20H20F3N5O2/c21-20(22,23)15-2-1-3-16(10-15)26-6-8-27(9-7-26)18(29)14-12-28(13-14)19(30)17-11-24-4-5-25-17/h1-5,10-11,14H,6-9,12-13H2. The molecule has 0 atom stereocenters.